The molecule has 1 amide bonds. The van der Waals surface area contributed by atoms with Crippen LogP contribution in [-0.4, -0.2) is 54.8 Å². The smallest absolute Gasteiger partial charge is 0.258 e. The lowest BCUT2D eigenvalue weighted by Gasteiger charge is -2.25. The third-order valence-electron chi connectivity index (χ3n) is 4.56. The van der Waals surface area contributed by atoms with Gasteiger partial charge in [0, 0.05) is 26.4 Å². The summed E-state index contributed by atoms with van der Waals surface area (Å²) < 4.78 is 11.1. The molecule has 0 radical (unpaired) electrons. The maximum atomic E-state index is 12.2. The Kier molecular flexibility index (Phi) is 6.01. The van der Waals surface area contributed by atoms with Gasteiger partial charge in [0.25, 0.3) is 5.91 Å². The monoisotopic (exact) mass is 356 g/mol. The quantitative estimate of drug-likeness (QED) is 0.812. The van der Waals surface area contributed by atoms with Gasteiger partial charge in [-0.2, -0.15) is 0 Å². The number of benzene rings is 1. The van der Waals surface area contributed by atoms with E-state index < -0.39 is 0 Å². The van der Waals surface area contributed by atoms with Crippen LogP contribution in [-0.2, 0) is 9.53 Å². The normalized spacial score (nSPS) is 19.4. The van der Waals surface area contributed by atoms with Gasteiger partial charge in [-0.3, -0.25) is 4.79 Å². The van der Waals surface area contributed by atoms with Crippen molar-refractivity contribution < 1.29 is 14.3 Å². The lowest BCUT2D eigenvalue weighted by molar-refractivity contribution is -0.123. The van der Waals surface area contributed by atoms with Gasteiger partial charge in [0.1, 0.15) is 17.9 Å². The molecule has 2 aromatic rings. The van der Waals surface area contributed by atoms with E-state index in [4.69, 9.17) is 9.47 Å². The number of aryl methyl sites for hydroxylation is 1. The number of hydrogen-bond acceptors (Lipinski definition) is 6. The van der Waals surface area contributed by atoms with E-state index in [1.807, 2.05) is 37.3 Å². The van der Waals surface area contributed by atoms with Gasteiger partial charge in [-0.15, -0.1) is 0 Å². The van der Waals surface area contributed by atoms with Gasteiger partial charge >= 0.3 is 0 Å². The van der Waals surface area contributed by atoms with E-state index in [0.29, 0.717) is 6.54 Å². The van der Waals surface area contributed by atoms with Gasteiger partial charge < -0.3 is 19.7 Å². The standard InChI is InChI=1S/C19H24N4O3/c1-14-5-3-4-6-17(14)26-12-19(24)21-10-15-9-16(25-2)11-23(15)18-7-8-20-13-22-18/h3-8,13,15-16H,9-12H2,1-2H3,(H,21,24)/t15-,16-/m1/s1. The molecule has 7 nitrogen and oxygen atoms in total. The van der Waals surface area contributed by atoms with Crippen LogP contribution in [0.4, 0.5) is 5.82 Å². The summed E-state index contributed by atoms with van der Waals surface area (Å²) in [5.74, 6) is 1.43. The molecule has 7 heteroatoms. The number of nitrogens with one attached hydrogen (secondary N) is 1. The molecule has 1 N–H and O–H groups in total. The Morgan fingerprint density at radius 3 is 2.92 bits per heavy atom. The molecule has 0 bridgehead atoms. The first-order valence-corrected chi connectivity index (χ1v) is 8.68. The number of ether oxygens (including phenoxy) is 2. The van der Waals surface area contributed by atoms with E-state index in [-0.39, 0.29) is 24.7 Å². The molecular formula is C19H24N4O3. The third kappa shape index (κ3) is 4.49. The molecule has 0 saturated carbocycles. The molecule has 138 valence electrons. The molecule has 3 rings (SSSR count). The molecule has 0 unspecified atom stereocenters. The van der Waals surface area contributed by atoms with Gasteiger partial charge in [-0.25, -0.2) is 9.97 Å². The first kappa shape index (κ1) is 18.1. The first-order valence-electron chi connectivity index (χ1n) is 8.68. The molecule has 2 heterocycles. The Morgan fingerprint density at radius 1 is 1.35 bits per heavy atom. The molecule has 1 saturated heterocycles. The highest BCUT2D eigenvalue weighted by Gasteiger charge is 2.33. The third-order valence-corrected chi connectivity index (χ3v) is 4.56. The SMILES string of the molecule is CO[C@@H]1C[C@H](CNC(=O)COc2ccccc2C)N(c2ccncn2)C1. The lowest BCUT2D eigenvalue weighted by Crippen LogP contribution is -2.42. The van der Waals surface area contributed by atoms with Gasteiger partial charge in [0.15, 0.2) is 6.61 Å². The van der Waals surface area contributed by atoms with Gasteiger partial charge in [0.05, 0.1) is 12.1 Å². The number of nitrogens with zero attached hydrogens (tertiary/aromatic N) is 3. The number of para-hydroxylation sites is 1. The van der Waals surface area contributed by atoms with Crippen molar-refractivity contribution in [2.45, 2.75) is 25.5 Å². The molecular weight excluding hydrogens is 332 g/mol. The zero-order chi connectivity index (χ0) is 18.4. The number of carbonyl (C=O) groups excluding carboxylic acids is 1. The summed E-state index contributed by atoms with van der Waals surface area (Å²) in [6, 6.07) is 9.64. The Morgan fingerprint density at radius 2 is 2.19 bits per heavy atom. The number of rotatable bonds is 7. The largest absolute Gasteiger partial charge is 0.484 e. The average molecular weight is 356 g/mol. The highest BCUT2D eigenvalue weighted by Crippen LogP contribution is 2.24. The van der Waals surface area contributed by atoms with E-state index in [1.54, 1.807) is 13.3 Å². The van der Waals surface area contributed by atoms with E-state index in [2.05, 4.69) is 20.2 Å². The van der Waals surface area contributed by atoms with E-state index in [1.165, 1.54) is 6.33 Å². The summed E-state index contributed by atoms with van der Waals surface area (Å²) in [5.41, 5.74) is 1.01. The summed E-state index contributed by atoms with van der Waals surface area (Å²) in [6.45, 7) is 3.21. The van der Waals surface area contributed by atoms with Crippen molar-refractivity contribution in [2.75, 3.05) is 31.7 Å². The average Bonchev–Trinajstić information content (AvgIpc) is 3.10. The van der Waals surface area contributed by atoms with E-state index in [0.717, 1.165) is 30.1 Å². The van der Waals surface area contributed by atoms with Gasteiger partial charge in [-0.1, -0.05) is 18.2 Å². The summed E-state index contributed by atoms with van der Waals surface area (Å²) in [7, 11) is 1.71. The number of hydrogen-bond donors (Lipinski definition) is 1. The molecule has 1 aliphatic rings. The first-order chi connectivity index (χ1) is 12.7. The molecule has 1 aliphatic heterocycles. The second-order valence-electron chi connectivity index (χ2n) is 6.33. The number of methoxy groups -OCH3 is 1. The van der Waals surface area contributed by atoms with Crippen LogP contribution in [0.15, 0.2) is 42.9 Å². The van der Waals surface area contributed by atoms with Crippen LogP contribution in [0.5, 0.6) is 5.75 Å². The maximum absolute atomic E-state index is 12.2. The molecule has 26 heavy (non-hydrogen) atoms. The zero-order valence-corrected chi connectivity index (χ0v) is 15.1. The van der Waals surface area contributed by atoms with Crippen molar-refractivity contribution in [3.05, 3.63) is 48.4 Å². The fourth-order valence-electron chi connectivity index (χ4n) is 3.12. The summed E-state index contributed by atoms with van der Waals surface area (Å²) >= 11 is 0. The minimum atomic E-state index is -0.142. The van der Waals surface area contributed by atoms with Crippen molar-refractivity contribution in [1.29, 1.82) is 0 Å². The Labute approximate surface area is 153 Å². The van der Waals surface area contributed by atoms with E-state index >= 15 is 0 Å². The molecule has 1 aromatic heterocycles. The van der Waals surface area contributed by atoms with Crippen LogP contribution in [0.2, 0.25) is 0 Å². The summed E-state index contributed by atoms with van der Waals surface area (Å²) in [6.07, 6.45) is 4.20. The van der Waals surface area contributed by atoms with Crippen molar-refractivity contribution in [3.8, 4) is 5.75 Å². The minimum Gasteiger partial charge on any atom is -0.484 e. The van der Waals surface area contributed by atoms with Crippen LogP contribution >= 0.6 is 0 Å². The molecule has 1 fully saturated rings. The second kappa shape index (κ2) is 8.62. The minimum absolute atomic E-state index is 0.00120. The number of carbonyl (C=O) groups is 1. The van der Waals surface area contributed by atoms with Crippen molar-refractivity contribution >= 4 is 11.7 Å². The zero-order valence-electron chi connectivity index (χ0n) is 15.1. The predicted molar refractivity (Wildman–Crippen MR) is 98.3 cm³/mol. The lowest BCUT2D eigenvalue weighted by atomic mass is 10.2. The fraction of sp³-hybridized carbons (Fsp3) is 0.421. The Bertz CT molecular complexity index is 726. The van der Waals surface area contributed by atoms with Crippen molar-refractivity contribution in [1.82, 2.24) is 15.3 Å². The summed E-state index contributed by atoms with van der Waals surface area (Å²) in [4.78, 5) is 22.6. The van der Waals surface area contributed by atoms with Crippen LogP contribution in [0.25, 0.3) is 0 Å². The topological polar surface area (TPSA) is 76.6 Å². The highest BCUT2D eigenvalue weighted by atomic mass is 16.5. The van der Waals surface area contributed by atoms with Crippen LogP contribution in [0.1, 0.15) is 12.0 Å². The molecule has 0 aliphatic carbocycles. The Hall–Kier alpha value is -2.67. The van der Waals surface area contributed by atoms with Crippen LogP contribution < -0.4 is 15.0 Å². The number of amides is 1. The van der Waals surface area contributed by atoms with Crippen molar-refractivity contribution in [2.24, 2.45) is 0 Å². The van der Waals surface area contributed by atoms with Crippen LogP contribution in [0, 0.1) is 6.92 Å². The van der Waals surface area contributed by atoms with Gasteiger partial charge in [0.2, 0.25) is 0 Å². The van der Waals surface area contributed by atoms with Crippen LogP contribution in [0.3, 0.4) is 0 Å². The fourth-order valence-corrected chi connectivity index (χ4v) is 3.12. The molecule has 1 aromatic carbocycles. The maximum Gasteiger partial charge on any atom is 0.258 e. The second-order valence-corrected chi connectivity index (χ2v) is 6.33. The Balaban J connectivity index is 1.53. The van der Waals surface area contributed by atoms with E-state index in [9.17, 15) is 4.79 Å². The van der Waals surface area contributed by atoms with Gasteiger partial charge in [-0.05, 0) is 31.0 Å². The number of aromatic nitrogens is 2. The van der Waals surface area contributed by atoms with Crippen molar-refractivity contribution in [3.63, 3.8) is 0 Å². The molecule has 0 spiro atoms. The number of anilines is 1. The predicted octanol–water partition coefficient (Wildman–Crippen LogP) is 1.57. The molecule has 2 atom stereocenters. The highest BCUT2D eigenvalue weighted by molar-refractivity contribution is 5.77. The summed E-state index contributed by atoms with van der Waals surface area (Å²) in [5, 5.41) is 2.95.